The van der Waals surface area contributed by atoms with Crippen molar-refractivity contribution in [3.05, 3.63) is 18.2 Å². The van der Waals surface area contributed by atoms with Crippen molar-refractivity contribution < 1.29 is 9.57 Å². The van der Waals surface area contributed by atoms with Crippen LogP contribution in [-0.2, 0) is 4.84 Å². The molecule has 0 atom stereocenters. The summed E-state index contributed by atoms with van der Waals surface area (Å²) in [7, 11) is 3.41. The number of benzene rings is 1. The van der Waals surface area contributed by atoms with Crippen molar-refractivity contribution in [3.63, 3.8) is 0 Å². The highest BCUT2D eigenvalue weighted by molar-refractivity contribution is 5.59. The first-order chi connectivity index (χ1) is 6.67. The normalized spacial score (nSPS) is 9.93. The Hall–Kier alpha value is -1.42. The van der Waals surface area contributed by atoms with E-state index in [2.05, 4.69) is 0 Å². The minimum Gasteiger partial charge on any atom is -0.494 e. The molecule has 0 fully saturated rings. The molecular formula is C10H16N2O2. The van der Waals surface area contributed by atoms with Crippen LogP contribution < -0.4 is 15.5 Å². The Labute approximate surface area is 84.2 Å². The lowest BCUT2D eigenvalue weighted by Crippen LogP contribution is -2.14. The molecule has 78 valence electrons. The van der Waals surface area contributed by atoms with Crippen molar-refractivity contribution in [3.8, 4) is 5.75 Å². The fraction of sp³-hybridized carbons (Fsp3) is 0.400. The number of nitrogens with zero attached hydrogens (tertiary/aromatic N) is 1. The maximum atomic E-state index is 5.72. The summed E-state index contributed by atoms with van der Waals surface area (Å²) in [5, 5.41) is 1.62. The molecule has 0 bridgehead atoms. The third-order valence-electron chi connectivity index (χ3n) is 1.86. The summed E-state index contributed by atoms with van der Waals surface area (Å²) in [6.45, 7) is 2.56. The van der Waals surface area contributed by atoms with Crippen LogP contribution in [0.4, 0.5) is 11.4 Å². The molecule has 14 heavy (non-hydrogen) atoms. The summed E-state index contributed by atoms with van der Waals surface area (Å²) in [6, 6.07) is 5.49. The number of hydrogen-bond acceptors (Lipinski definition) is 4. The fourth-order valence-electron chi connectivity index (χ4n) is 1.14. The SMILES string of the molecule is CCOc1cc(N)cc(N(C)OC)c1. The van der Waals surface area contributed by atoms with E-state index in [4.69, 9.17) is 15.3 Å². The van der Waals surface area contributed by atoms with Crippen LogP contribution in [0.15, 0.2) is 18.2 Å². The van der Waals surface area contributed by atoms with Gasteiger partial charge in [-0.15, -0.1) is 0 Å². The van der Waals surface area contributed by atoms with E-state index in [0.717, 1.165) is 11.4 Å². The summed E-state index contributed by atoms with van der Waals surface area (Å²) in [4.78, 5) is 5.05. The lowest BCUT2D eigenvalue weighted by atomic mass is 10.2. The molecule has 1 rings (SSSR count). The van der Waals surface area contributed by atoms with Gasteiger partial charge in [0, 0.05) is 24.9 Å². The summed E-state index contributed by atoms with van der Waals surface area (Å²) >= 11 is 0. The lowest BCUT2D eigenvalue weighted by Gasteiger charge is -2.17. The van der Waals surface area contributed by atoms with Crippen LogP contribution >= 0.6 is 0 Å². The number of nitrogen functional groups attached to an aromatic ring is 1. The number of hydrogen-bond donors (Lipinski definition) is 1. The fourth-order valence-corrected chi connectivity index (χ4v) is 1.14. The number of anilines is 2. The number of ether oxygens (including phenoxy) is 1. The van der Waals surface area contributed by atoms with E-state index in [9.17, 15) is 0 Å². The lowest BCUT2D eigenvalue weighted by molar-refractivity contribution is 0.184. The van der Waals surface area contributed by atoms with Crippen molar-refractivity contribution in [2.45, 2.75) is 6.92 Å². The Balaban J connectivity index is 2.94. The van der Waals surface area contributed by atoms with Crippen LogP contribution in [0.2, 0.25) is 0 Å². The van der Waals surface area contributed by atoms with Gasteiger partial charge < -0.3 is 10.5 Å². The van der Waals surface area contributed by atoms with Gasteiger partial charge in [0.1, 0.15) is 5.75 Å². The monoisotopic (exact) mass is 196 g/mol. The van der Waals surface area contributed by atoms with Gasteiger partial charge in [-0.25, -0.2) is 0 Å². The van der Waals surface area contributed by atoms with E-state index < -0.39 is 0 Å². The predicted octanol–water partition coefficient (Wildman–Crippen LogP) is 1.67. The summed E-state index contributed by atoms with van der Waals surface area (Å²) in [6.07, 6.45) is 0. The molecule has 1 aromatic carbocycles. The highest BCUT2D eigenvalue weighted by atomic mass is 16.7. The average molecular weight is 196 g/mol. The van der Waals surface area contributed by atoms with E-state index in [1.54, 1.807) is 18.2 Å². The Kier molecular flexibility index (Phi) is 3.59. The second-order valence-corrected chi connectivity index (χ2v) is 2.87. The van der Waals surface area contributed by atoms with Gasteiger partial charge in [0.2, 0.25) is 0 Å². The van der Waals surface area contributed by atoms with E-state index in [1.165, 1.54) is 0 Å². The number of nitrogens with two attached hydrogens (primary N) is 1. The molecule has 0 heterocycles. The second-order valence-electron chi connectivity index (χ2n) is 2.87. The Morgan fingerprint density at radius 1 is 1.36 bits per heavy atom. The maximum absolute atomic E-state index is 5.72. The third kappa shape index (κ3) is 2.53. The molecule has 1 aromatic rings. The third-order valence-corrected chi connectivity index (χ3v) is 1.86. The van der Waals surface area contributed by atoms with Crippen LogP contribution in [0.5, 0.6) is 5.75 Å². The molecule has 0 aliphatic carbocycles. The predicted molar refractivity (Wildman–Crippen MR) is 57.4 cm³/mol. The minimum absolute atomic E-state index is 0.625. The van der Waals surface area contributed by atoms with Crippen molar-refractivity contribution in [2.24, 2.45) is 0 Å². The smallest absolute Gasteiger partial charge is 0.123 e. The molecule has 2 N–H and O–H groups in total. The number of rotatable bonds is 4. The van der Waals surface area contributed by atoms with Crippen molar-refractivity contribution in [2.75, 3.05) is 31.6 Å². The molecule has 4 nitrogen and oxygen atoms in total. The molecule has 0 saturated carbocycles. The van der Waals surface area contributed by atoms with Gasteiger partial charge in [0.25, 0.3) is 0 Å². The number of hydroxylamine groups is 1. The molecule has 0 spiro atoms. The first kappa shape index (κ1) is 10.7. The second kappa shape index (κ2) is 4.72. The van der Waals surface area contributed by atoms with E-state index in [-0.39, 0.29) is 0 Å². The largest absolute Gasteiger partial charge is 0.494 e. The zero-order valence-electron chi connectivity index (χ0n) is 8.78. The van der Waals surface area contributed by atoms with E-state index >= 15 is 0 Å². The first-order valence-corrected chi connectivity index (χ1v) is 4.48. The van der Waals surface area contributed by atoms with Gasteiger partial charge in [0.05, 0.1) is 19.4 Å². The molecule has 0 saturated heterocycles. The molecule has 0 unspecified atom stereocenters. The van der Waals surface area contributed by atoms with Gasteiger partial charge in [-0.2, -0.15) is 0 Å². The minimum atomic E-state index is 0.625. The van der Waals surface area contributed by atoms with Crippen LogP contribution in [0.25, 0.3) is 0 Å². The molecular weight excluding hydrogens is 180 g/mol. The van der Waals surface area contributed by atoms with Crippen molar-refractivity contribution >= 4 is 11.4 Å². The van der Waals surface area contributed by atoms with Crippen molar-refractivity contribution in [1.29, 1.82) is 0 Å². The molecule has 0 radical (unpaired) electrons. The molecule has 4 heteroatoms. The standard InChI is InChI=1S/C10H16N2O2/c1-4-14-10-6-8(11)5-9(7-10)12(2)13-3/h5-7H,4,11H2,1-3H3. The topological polar surface area (TPSA) is 47.7 Å². The zero-order valence-corrected chi connectivity index (χ0v) is 8.78. The summed E-state index contributed by atoms with van der Waals surface area (Å²) in [5.41, 5.74) is 7.25. The summed E-state index contributed by atoms with van der Waals surface area (Å²) < 4.78 is 5.36. The Morgan fingerprint density at radius 3 is 2.64 bits per heavy atom. The Bertz CT molecular complexity index is 302. The van der Waals surface area contributed by atoms with Gasteiger partial charge in [-0.3, -0.25) is 9.90 Å². The highest BCUT2D eigenvalue weighted by Gasteiger charge is 2.03. The van der Waals surface area contributed by atoms with Crippen LogP contribution in [0.1, 0.15) is 6.92 Å². The molecule has 0 amide bonds. The molecule has 0 aliphatic heterocycles. The van der Waals surface area contributed by atoms with Gasteiger partial charge in [0.15, 0.2) is 0 Å². The quantitative estimate of drug-likeness (QED) is 0.587. The highest BCUT2D eigenvalue weighted by Crippen LogP contribution is 2.24. The zero-order chi connectivity index (χ0) is 10.6. The van der Waals surface area contributed by atoms with Gasteiger partial charge in [-0.1, -0.05) is 0 Å². The van der Waals surface area contributed by atoms with Crippen LogP contribution in [-0.4, -0.2) is 20.8 Å². The average Bonchev–Trinajstić information content (AvgIpc) is 2.16. The van der Waals surface area contributed by atoms with E-state index in [0.29, 0.717) is 12.3 Å². The molecule has 0 aliphatic rings. The van der Waals surface area contributed by atoms with Gasteiger partial charge in [-0.05, 0) is 13.0 Å². The van der Waals surface area contributed by atoms with Crippen LogP contribution in [0.3, 0.4) is 0 Å². The van der Waals surface area contributed by atoms with E-state index in [1.807, 2.05) is 26.1 Å². The summed E-state index contributed by atoms with van der Waals surface area (Å²) in [5.74, 6) is 0.756. The Morgan fingerprint density at radius 2 is 2.07 bits per heavy atom. The van der Waals surface area contributed by atoms with Gasteiger partial charge >= 0.3 is 0 Å². The van der Waals surface area contributed by atoms with Crippen molar-refractivity contribution in [1.82, 2.24) is 0 Å². The maximum Gasteiger partial charge on any atom is 0.123 e. The first-order valence-electron chi connectivity index (χ1n) is 4.48. The van der Waals surface area contributed by atoms with Crippen LogP contribution in [0, 0.1) is 0 Å². The molecule has 0 aromatic heterocycles.